The number of guanidine groups is 1. The lowest BCUT2D eigenvalue weighted by atomic mass is 10.1. The van der Waals surface area contributed by atoms with Crippen molar-refractivity contribution in [3.63, 3.8) is 0 Å². The highest BCUT2D eigenvalue weighted by Crippen LogP contribution is 2.28. The Balaban J connectivity index is 0.00000363. The molecule has 0 bridgehead atoms. The molecule has 1 aromatic heterocycles. The van der Waals surface area contributed by atoms with Crippen molar-refractivity contribution in [3.8, 4) is 11.8 Å². The van der Waals surface area contributed by atoms with E-state index in [1.807, 2.05) is 37.4 Å². The van der Waals surface area contributed by atoms with Crippen LogP contribution in [0.25, 0.3) is 5.69 Å². The molecule has 0 amide bonds. The molecule has 0 atom stereocenters. The van der Waals surface area contributed by atoms with E-state index in [1.54, 1.807) is 4.68 Å². The first-order valence-corrected chi connectivity index (χ1v) is 11.0. The number of nitrogens with zero attached hydrogens (tertiary/aromatic N) is 5. The molecule has 3 rings (SSSR count). The number of hydrogen-bond acceptors (Lipinski definition) is 5. The molecule has 32 heavy (non-hydrogen) atoms. The van der Waals surface area contributed by atoms with Crippen LogP contribution in [-0.4, -0.2) is 60.5 Å². The van der Waals surface area contributed by atoms with Crippen molar-refractivity contribution in [2.75, 3.05) is 45.6 Å². The summed E-state index contributed by atoms with van der Waals surface area (Å²) in [4.78, 5) is 6.82. The van der Waals surface area contributed by atoms with E-state index in [9.17, 15) is 5.26 Å². The number of aryl methyl sites for hydroxylation is 1. The monoisotopic (exact) mass is 551 g/mol. The summed E-state index contributed by atoms with van der Waals surface area (Å²) in [6.45, 7) is 5.89. The fraction of sp³-hybridized carbons (Fsp3) is 0.522. The Kier molecular flexibility index (Phi) is 10.8. The van der Waals surface area contributed by atoms with Crippen molar-refractivity contribution in [2.45, 2.75) is 32.6 Å². The number of aromatic nitrogens is 2. The lowest BCUT2D eigenvalue weighted by Gasteiger charge is -2.22. The SMILES string of the molecule is CCNC(=NCCCc1nn(-c2ccccc2)c(N)c1C#N)N(C)CCOCC1CC1.I. The molecule has 1 heterocycles. The number of halogens is 1. The molecule has 0 unspecified atom stereocenters. The first-order chi connectivity index (χ1) is 15.1. The van der Waals surface area contributed by atoms with E-state index < -0.39 is 0 Å². The van der Waals surface area contributed by atoms with Crippen LogP contribution in [0.5, 0.6) is 0 Å². The van der Waals surface area contributed by atoms with Crippen LogP contribution in [0.2, 0.25) is 0 Å². The highest BCUT2D eigenvalue weighted by atomic mass is 127. The van der Waals surface area contributed by atoms with Crippen LogP contribution in [0.15, 0.2) is 35.3 Å². The Morgan fingerprint density at radius 2 is 2.12 bits per heavy atom. The number of likely N-dealkylation sites (N-methyl/N-ethyl adjacent to an activating group) is 1. The molecule has 1 aliphatic carbocycles. The van der Waals surface area contributed by atoms with Gasteiger partial charge in [0.2, 0.25) is 0 Å². The maximum absolute atomic E-state index is 9.55. The Bertz CT molecular complexity index is 903. The molecule has 2 aromatic rings. The number of para-hydroxylation sites is 1. The summed E-state index contributed by atoms with van der Waals surface area (Å²) in [6, 6.07) is 11.8. The van der Waals surface area contributed by atoms with Crippen LogP contribution in [0.1, 0.15) is 37.4 Å². The van der Waals surface area contributed by atoms with E-state index in [0.717, 1.165) is 43.7 Å². The fourth-order valence-corrected chi connectivity index (χ4v) is 3.28. The molecule has 1 saturated carbocycles. The number of nitrogens with one attached hydrogen (secondary N) is 1. The molecule has 1 fully saturated rings. The first-order valence-electron chi connectivity index (χ1n) is 11.0. The highest BCUT2D eigenvalue weighted by Gasteiger charge is 2.21. The zero-order valence-corrected chi connectivity index (χ0v) is 21.3. The van der Waals surface area contributed by atoms with Gasteiger partial charge in [0.05, 0.1) is 18.0 Å². The van der Waals surface area contributed by atoms with Gasteiger partial charge in [0.1, 0.15) is 17.5 Å². The van der Waals surface area contributed by atoms with Crippen LogP contribution in [0.3, 0.4) is 0 Å². The summed E-state index contributed by atoms with van der Waals surface area (Å²) in [6.07, 6.45) is 4.04. The number of nitrogen functional groups attached to an aromatic ring is 1. The normalized spacial score (nSPS) is 13.3. The van der Waals surface area contributed by atoms with Gasteiger partial charge in [0, 0.05) is 33.3 Å². The van der Waals surface area contributed by atoms with Crippen molar-refractivity contribution in [3.05, 3.63) is 41.6 Å². The zero-order valence-electron chi connectivity index (χ0n) is 19.0. The van der Waals surface area contributed by atoms with Gasteiger partial charge >= 0.3 is 0 Å². The van der Waals surface area contributed by atoms with E-state index in [2.05, 4.69) is 28.3 Å². The molecule has 1 aliphatic rings. The van der Waals surface area contributed by atoms with Crippen molar-refractivity contribution >= 4 is 35.8 Å². The molecule has 0 spiro atoms. The van der Waals surface area contributed by atoms with E-state index in [1.165, 1.54) is 12.8 Å². The van der Waals surface area contributed by atoms with Gasteiger partial charge in [0.15, 0.2) is 5.96 Å². The van der Waals surface area contributed by atoms with Gasteiger partial charge in [0.25, 0.3) is 0 Å². The lowest BCUT2D eigenvalue weighted by molar-refractivity contribution is 0.115. The third-order valence-electron chi connectivity index (χ3n) is 5.26. The molecular weight excluding hydrogens is 517 g/mol. The maximum atomic E-state index is 9.55. The Hall–Kier alpha value is -2.32. The highest BCUT2D eigenvalue weighted by molar-refractivity contribution is 14.0. The summed E-state index contributed by atoms with van der Waals surface area (Å²) < 4.78 is 7.37. The lowest BCUT2D eigenvalue weighted by Crippen LogP contribution is -2.40. The van der Waals surface area contributed by atoms with Gasteiger partial charge in [-0.25, -0.2) is 4.68 Å². The second-order valence-corrected chi connectivity index (χ2v) is 7.85. The number of nitrogens with two attached hydrogens (primary N) is 1. The average molecular weight is 551 g/mol. The van der Waals surface area contributed by atoms with Crippen molar-refractivity contribution in [1.82, 2.24) is 20.0 Å². The summed E-state index contributed by atoms with van der Waals surface area (Å²) in [5.74, 6) is 2.03. The second-order valence-electron chi connectivity index (χ2n) is 7.85. The molecule has 0 aliphatic heterocycles. The number of anilines is 1. The summed E-state index contributed by atoms with van der Waals surface area (Å²) in [5, 5.41) is 17.5. The summed E-state index contributed by atoms with van der Waals surface area (Å²) >= 11 is 0. The molecular formula is C23H34IN7O. The van der Waals surface area contributed by atoms with Gasteiger partial charge in [-0.15, -0.1) is 24.0 Å². The van der Waals surface area contributed by atoms with Crippen LogP contribution < -0.4 is 11.1 Å². The van der Waals surface area contributed by atoms with E-state index >= 15 is 0 Å². The molecule has 174 valence electrons. The molecule has 0 saturated heterocycles. The largest absolute Gasteiger partial charge is 0.382 e. The zero-order chi connectivity index (χ0) is 22.1. The molecule has 8 nitrogen and oxygen atoms in total. The quantitative estimate of drug-likeness (QED) is 0.193. The third kappa shape index (κ3) is 7.38. The van der Waals surface area contributed by atoms with Gasteiger partial charge in [-0.1, -0.05) is 18.2 Å². The van der Waals surface area contributed by atoms with Crippen molar-refractivity contribution in [2.24, 2.45) is 10.9 Å². The van der Waals surface area contributed by atoms with Crippen LogP contribution in [0, 0.1) is 17.2 Å². The van der Waals surface area contributed by atoms with Gasteiger partial charge in [-0.05, 0) is 50.7 Å². The number of benzene rings is 1. The summed E-state index contributed by atoms with van der Waals surface area (Å²) in [7, 11) is 2.03. The minimum absolute atomic E-state index is 0. The fourth-order valence-electron chi connectivity index (χ4n) is 3.28. The Morgan fingerprint density at radius 3 is 2.78 bits per heavy atom. The number of aliphatic imine (C=N–C) groups is 1. The Morgan fingerprint density at radius 1 is 1.38 bits per heavy atom. The smallest absolute Gasteiger partial charge is 0.193 e. The molecule has 9 heteroatoms. The minimum atomic E-state index is 0. The predicted molar refractivity (Wildman–Crippen MR) is 139 cm³/mol. The maximum Gasteiger partial charge on any atom is 0.193 e. The summed E-state index contributed by atoms with van der Waals surface area (Å²) in [5.41, 5.74) is 8.19. The Labute approximate surface area is 207 Å². The van der Waals surface area contributed by atoms with E-state index in [0.29, 0.717) is 36.6 Å². The average Bonchev–Trinajstić information content (AvgIpc) is 3.56. The molecule has 0 radical (unpaired) electrons. The predicted octanol–water partition coefficient (Wildman–Crippen LogP) is 3.20. The van der Waals surface area contributed by atoms with Crippen LogP contribution >= 0.6 is 24.0 Å². The standard InChI is InChI=1S/C23H33N7O.HI/c1-3-26-23(29(2)14-15-31-17-18-11-12-18)27-13-7-10-21-20(16-24)22(25)30(28-21)19-8-5-4-6-9-19;/h4-6,8-9,18H,3,7,10-15,17,25H2,1-2H3,(H,26,27);1H. The topological polar surface area (TPSA) is 104 Å². The van der Waals surface area contributed by atoms with Crippen molar-refractivity contribution in [1.29, 1.82) is 5.26 Å². The van der Waals surface area contributed by atoms with Gasteiger partial charge < -0.3 is 20.7 Å². The third-order valence-corrected chi connectivity index (χ3v) is 5.26. The second kappa shape index (κ2) is 13.3. The minimum Gasteiger partial charge on any atom is -0.382 e. The first kappa shape index (κ1) is 25.9. The van der Waals surface area contributed by atoms with Gasteiger partial charge in [-0.2, -0.15) is 10.4 Å². The molecule has 1 aromatic carbocycles. The van der Waals surface area contributed by atoms with E-state index in [4.69, 9.17) is 15.5 Å². The van der Waals surface area contributed by atoms with E-state index in [-0.39, 0.29) is 24.0 Å². The van der Waals surface area contributed by atoms with Crippen molar-refractivity contribution < 1.29 is 4.74 Å². The number of ether oxygens (including phenoxy) is 1. The number of rotatable bonds is 11. The van der Waals surface area contributed by atoms with Gasteiger partial charge in [-0.3, -0.25) is 4.99 Å². The number of nitriles is 1. The van der Waals surface area contributed by atoms with Crippen LogP contribution in [-0.2, 0) is 11.2 Å². The van der Waals surface area contributed by atoms with Crippen LogP contribution in [0.4, 0.5) is 5.82 Å². The number of hydrogen-bond donors (Lipinski definition) is 2. The molecule has 3 N–H and O–H groups in total.